The summed E-state index contributed by atoms with van der Waals surface area (Å²) >= 11 is 0. The Morgan fingerprint density at radius 3 is 3.20 bits per heavy atom. The minimum Gasteiger partial charge on any atom is -0.477 e. The van der Waals surface area contributed by atoms with Crippen LogP contribution in [0.1, 0.15) is 30.6 Å². The molecule has 1 aliphatic rings. The lowest BCUT2D eigenvalue weighted by Gasteiger charge is -2.16. The Labute approximate surface area is 88.4 Å². The summed E-state index contributed by atoms with van der Waals surface area (Å²) in [5, 5.41) is 6.94. The molecule has 0 radical (unpaired) electrons. The molecule has 0 fully saturated rings. The number of carbonyl (C=O) groups excluding carboxylic acids is 1. The van der Waals surface area contributed by atoms with Gasteiger partial charge in [0, 0.05) is 19.0 Å². The summed E-state index contributed by atoms with van der Waals surface area (Å²) in [6.07, 6.45) is 2.51. The molecule has 0 atom stereocenters. The van der Waals surface area contributed by atoms with Gasteiger partial charge in [0.05, 0.1) is 12.8 Å². The molecular formula is C10H15N3O2. The predicted octanol–water partition coefficient (Wildman–Crippen LogP) is 0.804. The standard InChI is InChI=1S/C10H15N3O2/c1-7(2)12-9(14)8-6-11-13-4-3-5-15-10(8)13/h6-7H,3-5H2,1-2H3,(H,12,14). The van der Waals surface area contributed by atoms with Crippen LogP contribution in [0.2, 0.25) is 0 Å². The van der Waals surface area contributed by atoms with Crippen molar-refractivity contribution in [1.82, 2.24) is 15.1 Å². The molecule has 1 aromatic heterocycles. The third-order valence-corrected chi connectivity index (χ3v) is 2.21. The lowest BCUT2D eigenvalue weighted by Crippen LogP contribution is -2.30. The number of nitrogens with one attached hydrogen (secondary N) is 1. The highest BCUT2D eigenvalue weighted by Gasteiger charge is 2.21. The van der Waals surface area contributed by atoms with Gasteiger partial charge in [-0.3, -0.25) is 4.79 Å². The van der Waals surface area contributed by atoms with E-state index >= 15 is 0 Å². The zero-order valence-corrected chi connectivity index (χ0v) is 8.99. The summed E-state index contributed by atoms with van der Waals surface area (Å²) in [6.45, 7) is 5.33. The van der Waals surface area contributed by atoms with Crippen LogP contribution in [-0.2, 0) is 6.54 Å². The fourth-order valence-corrected chi connectivity index (χ4v) is 1.56. The molecular weight excluding hydrogens is 194 g/mol. The van der Waals surface area contributed by atoms with E-state index in [2.05, 4.69) is 10.4 Å². The van der Waals surface area contributed by atoms with Crippen LogP contribution < -0.4 is 10.1 Å². The van der Waals surface area contributed by atoms with Gasteiger partial charge in [0.1, 0.15) is 5.56 Å². The first-order valence-corrected chi connectivity index (χ1v) is 5.18. The normalized spacial score (nSPS) is 14.6. The van der Waals surface area contributed by atoms with Crippen molar-refractivity contribution in [3.8, 4) is 5.88 Å². The van der Waals surface area contributed by atoms with Crippen molar-refractivity contribution in [3.05, 3.63) is 11.8 Å². The van der Waals surface area contributed by atoms with Crippen LogP contribution in [0, 0.1) is 0 Å². The van der Waals surface area contributed by atoms with Crippen molar-refractivity contribution >= 4 is 5.91 Å². The number of aryl methyl sites for hydroxylation is 1. The first-order chi connectivity index (χ1) is 7.18. The van der Waals surface area contributed by atoms with Crippen LogP contribution >= 0.6 is 0 Å². The second-order valence-corrected chi connectivity index (χ2v) is 3.92. The van der Waals surface area contributed by atoms with Gasteiger partial charge in [-0.1, -0.05) is 0 Å². The quantitative estimate of drug-likeness (QED) is 0.784. The molecule has 0 unspecified atom stereocenters. The summed E-state index contributed by atoms with van der Waals surface area (Å²) in [5.74, 6) is 0.479. The molecule has 5 heteroatoms. The van der Waals surface area contributed by atoms with Crippen LogP contribution in [-0.4, -0.2) is 28.3 Å². The minimum atomic E-state index is -0.117. The summed E-state index contributed by atoms with van der Waals surface area (Å²) < 4.78 is 7.17. The molecule has 0 aliphatic carbocycles. The zero-order valence-electron chi connectivity index (χ0n) is 8.99. The monoisotopic (exact) mass is 209 g/mol. The minimum absolute atomic E-state index is 0.117. The largest absolute Gasteiger partial charge is 0.477 e. The van der Waals surface area contributed by atoms with E-state index < -0.39 is 0 Å². The Morgan fingerprint density at radius 1 is 1.67 bits per heavy atom. The van der Waals surface area contributed by atoms with Crippen molar-refractivity contribution in [2.45, 2.75) is 32.9 Å². The number of fused-ring (bicyclic) bond motifs is 1. The fourth-order valence-electron chi connectivity index (χ4n) is 1.56. The topological polar surface area (TPSA) is 56.2 Å². The molecule has 0 saturated carbocycles. The Morgan fingerprint density at radius 2 is 2.47 bits per heavy atom. The van der Waals surface area contributed by atoms with Crippen molar-refractivity contribution in [3.63, 3.8) is 0 Å². The van der Waals surface area contributed by atoms with E-state index in [-0.39, 0.29) is 11.9 Å². The third-order valence-electron chi connectivity index (χ3n) is 2.21. The Bertz CT molecular complexity index is 371. The SMILES string of the molecule is CC(C)NC(=O)c1cnn2c1OCCC2. The maximum absolute atomic E-state index is 11.7. The highest BCUT2D eigenvalue weighted by Crippen LogP contribution is 2.21. The smallest absolute Gasteiger partial charge is 0.258 e. The first-order valence-electron chi connectivity index (χ1n) is 5.18. The number of hydrogen-bond acceptors (Lipinski definition) is 3. The van der Waals surface area contributed by atoms with Crippen LogP contribution in [0.3, 0.4) is 0 Å². The molecule has 1 aliphatic heterocycles. The average Bonchev–Trinajstić information content (AvgIpc) is 2.59. The van der Waals surface area contributed by atoms with E-state index in [4.69, 9.17) is 4.74 Å². The molecule has 82 valence electrons. The average molecular weight is 209 g/mol. The van der Waals surface area contributed by atoms with Gasteiger partial charge in [-0.05, 0) is 13.8 Å². The summed E-state index contributed by atoms with van der Waals surface area (Å²) in [7, 11) is 0. The van der Waals surface area contributed by atoms with Crippen LogP contribution in [0.5, 0.6) is 5.88 Å². The third kappa shape index (κ3) is 1.95. The van der Waals surface area contributed by atoms with Gasteiger partial charge in [0.25, 0.3) is 5.91 Å². The number of aromatic nitrogens is 2. The first kappa shape index (κ1) is 10.0. The number of amides is 1. The van der Waals surface area contributed by atoms with Crippen LogP contribution in [0.4, 0.5) is 0 Å². The fraction of sp³-hybridized carbons (Fsp3) is 0.600. The van der Waals surface area contributed by atoms with Crippen molar-refractivity contribution in [1.29, 1.82) is 0 Å². The second kappa shape index (κ2) is 3.92. The van der Waals surface area contributed by atoms with Gasteiger partial charge in [0.15, 0.2) is 0 Å². The number of ether oxygens (including phenoxy) is 1. The molecule has 0 spiro atoms. The van der Waals surface area contributed by atoms with Gasteiger partial charge in [0.2, 0.25) is 5.88 Å². The molecule has 5 nitrogen and oxygen atoms in total. The Kier molecular flexibility index (Phi) is 2.62. The van der Waals surface area contributed by atoms with E-state index in [0.29, 0.717) is 18.1 Å². The molecule has 0 aromatic carbocycles. The molecule has 1 amide bonds. The van der Waals surface area contributed by atoms with Crippen molar-refractivity contribution in [2.24, 2.45) is 0 Å². The van der Waals surface area contributed by atoms with Gasteiger partial charge in [-0.15, -0.1) is 0 Å². The van der Waals surface area contributed by atoms with E-state index in [1.54, 1.807) is 10.9 Å². The molecule has 1 aromatic rings. The van der Waals surface area contributed by atoms with Gasteiger partial charge in [-0.25, -0.2) is 4.68 Å². The van der Waals surface area contributed by atoms with Crippen molar-refractivity contribution in [2.75, 3.05) is 6.61 Å². The molecule has 15 heavy (non-hydrogen) atoms. The van der Waals surface area contributed by atoms with Crippen LogP contribution in [0.15, 0.2) is 6.20 Å². The maximum Gasteiger partial charge on any atom is 0.258 e. The van der Waals surface area contributed by atoms with Gasteiger partial charge in [-0.2, -0.15) is 5.10 Å². The van der Waals surface area contributed by atoms with Crippen molar-refractivity contribution < 1.29 is 9.53 Å². The summed E-state index contributed by atoms with van der Waals surface area (Å²) in [5.41, 5.74) is 0.531. The molecule has 1 N–H and O–H groups in total. The lowest BCUT2D eigenvalue weighted by atomic mass is 10.3. The number of hydrogen-bond donors (Lipinski definition) is 1. The number of rotatable bonds is 2. The zero-order chi connectivity index (χ0) is 10.8. The van der Waals surface area contributed by atoms with E-state index in [9.17, 15) is 4.79 Å². The highest BCUT2D eigenvalue weighted by molar-refractivity contribution is 5.96. The molecule has 2 heterocycles. The van der Waals surface area contributed by atoms with E-state index in [1.807, 2.05) is 13.8 Å². The van der Waals surface area contributed by atoms with E-state index in [0.717, 1.165) is 13.0 Å². The second-order valence-electron chi connectivity index (χ2n) is 3.92. The molecule has 0 bridgehead atoms. The highest BCUT2D eigenvalue weighted by atomic mass is 16.5. The number of carbonyl (C=O) groups is 1. The Hall–Kier alpha value is -1.52. The lowest BCUT2D eigenvalue weighted by molar-refractivity contribution is 0.0936. The summed E-state index contributed by atoms with van der Waals surface area (Å²) in [4.78, 5) is 11.7. The predicted molar refractivity (Wildman–Crippen MR) is 54.9 cm³/mol. The summed E-state index contributed by atoms with van der Waals surface area (Å²) in [6, 6.07) is 0.122. The van der Waals surface area contributed by atoms with Gasteiger partial charge >= 0.3 is 0 Å². The van der Waals surface area contributed by atoms with E-state index in [1.165, 1.54) is 0 Å². The molecule has 0 saturated heterocycles. The number of nitrogens with zero attached hydrogens (tertiary/aromatic N) is 2. The van der Waals surface area contributed by atoms with Crippen LogP contribution in [0.25, 0.3) is 0 Å². The van der Waals surface area contributed by atoms with Gasteiger partial charge < -0.3 is 10.1 Å². The molecule has 2 rings (SSSR count). The maximum atomic E-state index is 11.7. The Balaban J connectivity index is 2.21.